The quantitative estimate of drug-likeness (QED) is 0.920. The van der Waals surface area contributed by atoms with Crippen molar-refractivity contribution in [3.05, 3.63) is 23.8 Å². The topological polar surface area (TPSA) is 30.5 Å². The first-order valence-electron chi connectivity index (χ1n) is 5.81. The Morgan fingerprint density at radius 3 is 2.00 bits per heavy atom. The van der Waals surface area contributed by atoms with Crippen molar-refractivity contribution < 1.29 is 13.9 Å². The number of halogens is 2. The van der Waals surface area contributed by atoms with Gasteiger partial charge in [0.15, 0.2) is 0 Å². The van der Waals surface area contributed by atoms with E-state index in [0.717, 1.165) is 0 Å². The van der Waals surface area contributed by atoms with E-state index in [9.17, 15) is 4.39 Å². The second-order valence-electron chi connectivity index (χ2n) is 4.32. The highest BCUT2D eigenvalue weighted by Gasteiger charge is 2.34. The lowest BCUT2D eigenvalue weighted by molar-refractivity contribution is 0.114. The van der Waals surface area contributed by atoms with Crippen molar-refractivity contribution in [3.8, 4) is 11.5 Å². The van der Waals surface area contributed by atoms with Gasteiger partial charge in [-0.15, -0.1) is 12.4 Å². The summed E-state index contributed by atoms with van der Waals surface area (Å²) in [6, 6.07) is 5.27. The summed E-state index contributed by atoms with van der Waals surface area (Å²) in [7, 11) is 3.15. The van der Waals surface area contributed by atoms with Gasteiger partial charge in [0.05, 0.1) is 14.2 Å². The molecule has 2 rings (SSSR count). The number of methoxy groups -OCH3 is 2. The SMILES string of the molecule is COc1cc(OC)cc(C2(F)CCNCC2)c1.Cl. The molecule has 0 spiro atoms. The van der Waals surface area contributed by atoms with E-state index < -0.39 is 5.67 Å². The number of alkyl halides is 1. The predicted molar refractivity (Wildman–Crippen MR) is 71.7 cm³/mol. The number of nitrogens with one attached hydrogen (secondary N) is 1. The zero-order valence-corrected chi connectivity index (χ0v) is 11.5. The fourth-order valence-corrected chi connectivity index (χ4v) is 2.18. The molecule has 5 heteroatoms. The van der Waals surface area contributed by atoms with E-state index in [1.807, 2.05) is 0 Å². The second-order valence-corrected chi connectivity index (χ2v) is 4.32. The third-order valence-corrected chi connectivity index (χ3v) is 3.26. The van der Waals surface area contributed by atoms with Crippen LogP contribution in [0.3, 0.4) is 0 Å². The number of rotatable bonds is 3. The van der Waals surface area contributed by atoms with E-state index in [-0.39, 0.29) is 12.4 Å². The standard InChI is InChI=1S/C13H18FNO2.ClH/c1-16-11-7-10(8-12(9-11)17-2)13(14)3-5-15-6-4-13;/h7-9,15H,3-6H2,1-2H3;1H. The third kappa shape index (κ3) is 3.06. The van der Waals surface area contributed by atoms with E-state index in [4.69, 9.17) is 9.47 Å². The third-order valence-electron chi connectivity index (χ3n) is 3.26. The first kappa shape index (κ1) is 15.1. The average molecular weight is 276 g/mol. The van der Waals surface area contributed by atoms with E-state index in [1.54, 1.807) is 32.4 Å². The molecule has 18 heavy (non-hydrogen) atoms. The molecular formula is C13H19ClFNO2. The van der Waals surface area contributed by atoms with Crippen molar-refractivity contribution in [2.24, 2.45) is 0 Å². The van der Waals surface area contributed by atoms with Crippen molar-refractivity contribution in [2.75, 3.05) is 27.3 Å². The van der Waals surface area contributed by atoms with Gasteiger partial charge < -0.3 is 14.8 Å². The van der Waals surface area contributed by atoms with Crippen LogP contribution in [0.4, 0.5) is 4.39 Å². The summed E-state index contributed by atoms with van der Waals surface area (Å²) in [5, 5.41) is 3.16. The van der Waals surface area contributed by atoms with Gasteiger partial charge in [-0.25, -0.2) is 4.39 Å². The van der Waals surface area contributed by atoms with Crippen molar-refractivity contribution >= 4 is 12.4 Å². The van der Waals surface area contributed by atoms with Crippen LogP contribution < -0.4 is 14.8 Å². The maximum atomic E-state index is 14.8. The molecule has 1 aliphatic heterocycles. The minimum atomic E-state index is -1.27. The molecule has 1 heterocycles. The fourth-order valence-electron chi connectivity index (χ4n) is 2.18. The van der Waals surface area contributed by atoms with Gasteiger partial charge in [0.25, 0.3) is 0 Å². The van der Waals surface area contributed by atoms with Crippen LogP contribution in [-0.2, 0) is 5.67 Å². The van der Waals surface area contributed by atoms with Crippen LogP contribution >= 0.6 is 12.4 Å². The van der Waals surface area contributed by atoms with Gasteiger partial charge in [-0.2, -0.15) is 0 Å². The molecule has 0 radical (unpaired) electrons. The minimum absolute atomic E-state index is 0. The summed E-state index contributed by atoms with van der Waals surface area (Å²) in [6.45, 7) is 1.41. The average Bonchev–Trinajstić information content (AvgIpc) is 2.39. The van der Waals surface area contributed by atoms with Crippen LogP contribution in [0, 0.1) is 0 Å². The first-order valence-corrected chi connectivity index (χ1v) is 5.81. The Morgan fingerprint density at radius 1 is 1.06 bits per heavy atom. The lowest BCUT2D eigenvalue weighted by Crippen LogP contribution is -2.36. The van der Waals surface area contributed by atoms with Gasteiger partial charge >= 0.3 is 0 Å². The Morgan fingerprint density at radius 2 is 1.56 bits per heavy atom. The molecule has 0 amide bonds. The maximum Gasteiger partial charge on any atom is 0.138 e. The first-order chi connectivity index (χ1) is 8.18. The van der Waals surface area contributed by atoms with Gasteiger partial charge in [-0.3, -0.25) is 0 Å². The van der Waals surface area contributed by atoms with Gasteiger partial charge in [-0.1, -0.05) is 0 Å². The Kier molecular flexibility index (Phi) is 5.23. The van der Waals surface area contributed by atoms with Crippen LogP contribution in [0.15, 0.2) is 18.2 Å². The van der Waals surface area contributed by atoms with Gasteiger partial charge in [-0.05, 0) is 43.6 Å². The zero-order chi connectivity index (χ0) is 12.3. The Hall–Kier alpha value is -1.00. The van der Waals surface area contributed by atoms with Gasteiger partial charge in [0.1, 0.15) is 17.2 Å². The monoisotopic (exact) mass is 275 g/mol. The molecule has 102 valence electrons. The maximum absolute atomic E-state index is 14.8. The molecule has 0 bridgehead atoms. The van der Waals surface area contributed by atoms with Crippen molar-refractivity contribution in [1.82, 2.24) is 5.32 Å². The molecule has 1 N–H and O–H groups in total. The minimum Gasteiger partial charge on any atom is -0.497 e. The zero-order valence-electron chi connectivity index (χ0n) is 10.7. The van der Waals surface area contributed by atoms with Crippen LogP contribution in [0.1, 0.15) is 18.4 Å². The Bertz CT molecular complexity index is 372. The normalized spacial score (nSPS) is 17.7. The van der Waals surface area contributed by atoms with E-state index in [1.165, 1.54) is 0 Å². The summed E-state index contributed by atoms with van der Waals surface area (Å²) in [5.41, 5.74) is -0.622. The van der Waals surface area contributed by atoms with Crippen LogP contribution in [0.2, 0.25) is 0 Å². The lowest BCUT2D eigenvalue weighted by Gasteiger charge is -2.30. The van der Waals surface area contributed by atoms with Gasteiger partial charge in [0.2, 0.25) is 0 Å². The lowest BCUT2D eigenvalue weighted by atomic mass is 9.86. The summed E-state index contributed by atoms with van der Waals surface area (Å²) in [4.78, 5) is 0. The van der Waals surface area contributed by atoms with E-state index in [2.05, 4.69) is 5.32 Å². The summed E-state index contributed by atoms with van der Waals surface area (Å²) < 4.78 is 25.1. The number of hydrogen-bond acceptors (Lipinski definition) is 3. The van der Waals surface area contributed by atoms with Crippen LogP contribution in [0.25, 0.3) is 0 Å². The molecule has 1 aliphatic rings. The summed E-state index contributed by atoms with van der Waals surface area (Å²) >= 11 is 0. The molecule has 3 nitrogen and oxygen atoms in total. The molecule has 0 unspecified atom stereocenters. The Labute approximate surface area is 113 Å². The number of hydrogen-bond donors (Lipinski definition) is 1. The number of piperidine rings is 1. The highest BCUT2D eigenvalue weighted by Crippen LogP contribution is 2.38. The number of ether oxygens (including phenoxy) is 2. The molecule has 1 aromatic rings. The molecule has 0 aliphatic carbocycles. The summed E-state index contributed by atoms with van der Waals surface area (Å²) in [5.74, 6) is 1.27. The molecule has 0 aromatic heterocycles. The molecule has 1 aromatic carbocycles. The number of benzene rings is 1. The van der Waals surface area contributed by atoms with Crippen molar-refractivity contribution in [1.29, 1.82) is 0 Å². The molecule has 1 fully saturated rings. The smallest absolute Gasteiger partial charge is 0.138 e. The highest BCUT2D eigenvalue weighted by molar-refractivity contribution is 5.85. The molecule has 0 saturated carbocycles. The van der Waals surface area contributed by atoms with E-state index >= 15 is 0 Å². The van der Waals surface area contributed by atoms with Crippen LogP contribution in [-0.4, -0.2) is 27.3 Å². The van der Waals surface area contributed by atoms with Gasteiger partial charge in [0, 0.05) is 6.07 Å². The molecule has 1 saturated heterocycles. The van der Waals surface area contributed by atoms with Crippen molar-refractivity contribution in [3.63, 3.8) is 0 Å². The summed E-state index contributed by atoms with van der Waals surface area (Å²) in [6.07, 6.45) is 0.979. The predicted octanol–water partition coefficient (Wildman–Crippen LogP) is 2.67. The molecule has 0 atom stereocenters. The molecular weight excluding hydrogens is 257 g/mol. The van der Waals surface area contributed by atoms with E-state index in [0.29, 0.717) is 43.0 Å². The second kappa shape index (κ2) is 6.25. The Balaban J connectivity index is 0.00000162. The highest BCUT2D eigenvalue weighted by atomic mass is 35.5. The largest absolute Gasteiger partial charge is 0.497 e. The fraction of sp³-hybridized carbons (Fsp3) is 0.538. The van der Waals surface area contributed by atoms with Crippen molar-refractivity contribution in [2.45, 2.75) is 18.5 Å². The van der Waals surface area contributed by atoms with Crippen LogP contribution in [0.5, 0.6) is 11.5 Å².